The van der Waals surface area contributed by atoms with Crippen LogP contribution in [0, 0.1) is 13.8 Å². The molecule has 0 aliphatic carbocycles. The van der Waals surface area contributed by atoms with Crippen molar-refractivity contribution >= 4 is 45.1 Å². The van der Waals surface area contributed by atoms with Gasteiger partial charge in [0.2, 0.25) is 5.52 Å². The molecule has 0 bridgehead atoms. The van der Waals surface area contributed by atoms with Gasteiger partial charge in [0.1, 0.15) is 11.2 Å². The van der Waals surface area contributed by atoms with Gasteiger partial charge in [-0.2, -0.15) is 4.57 Å². The largest absolute Gasteiger partial charge is 1.00 e. The minimum atomic E-state index is 0. The van der Waals surface area contributed by atoms with Gasteiger partial charge in [-0.3, -0.25) is 0 Å². The summed E-state index contributed by atoms with van der Waals surface area (Å²) in [5.41, 5.74) is 5.36. The third-order valence-corrected chi connectivity index (χ3v) is 7.84. The van der Waals surface area contributed by atoms with Crippen molar-refractivity contribution in [1.82, 2.24) is 0 Å². The quantitative estimate of drug-likeness (QED) is 0.273. The molecule has 1 aliphatic rings. The highest BCUT2D eigenvalue weighted by atomic mass is 127. The van der Waals surface area contributed by atoms with Gasteiger partial charge in [-0.05, 0) is 51.0 Å². The highest BCUT2D eigenvalue weighted by Gasteiger charge is 2.24. The summed E-state index contributed by atoms with van der Waals surface area (Å²) in [6.07, 6.45) is 10.9. The number of anilines is 1. The molecule has 0 saturated carbocycles. The molecular weight excluding hydrogens is 519 g/mol. The highest BCUT2D eigenvalue weighted by molar-refractivity contribution is 8.03. The van der Waals surface area contributed by atoms with Crippen LogP contribution < -0.4 is 33.4 Å². The number of benzene rings is 2. The molecule has 1 aromatic heterocycles. The van der Waals surface area contributed by atoms with E-state index in [2.05, 4.69) is 104 Å². The molecule has 1 aliphatic heterocycles. The SMILES string of the molecule is CCN1C(=CC=CC=Cc2sc3c(C)cccc3[n+]2CC)Sc2c(C)cccc21.[I-]. The molecule has 5 heteroatoms. The Bertz CT molecular complexity index is 1140. The van der Waals surface area contributed by atoms with Gasteiger partial charge in [0.25, 0.3) is 5.01 Å². The van der Waals surface area contributed by atoms with Crippen LogP contribution in [0.3, 0.4) is 0 Å². The predicted octanol–water partition coefficient (Wildman–Crippen LogP) is 3.87. The second kappa shape index (κ2) is 10.2. The van der Waals surface area contributed by atoms with E-state index in [1.165, 1.54) is 42.0 Å². The van der Waals surface area contributed by atoms with Gasteiger partial charge in [-0.15, -0.1) is 0 Å². The van der Waals surface area contributed by atoms with Gasteiger partial charge < -0.3 is 28.9 Å². The van der Waals surface area contributed by atoms with Crippen LogP contribution in [-0.2, 0) is 6.54 Å². The van der Waals surface area contributed by atoms with E-state index in [1.54, 1.807) is 0 Å². The summed E-state index contributed by atoms with van der Waals surface area (Å²) < 4.78 is 3.77. The van der Waals surface area contributed by atoms with Crippen molar-refractivity contribution in [1.29, 1.82) is 0 Å². The monoisotopic (exact) mass is 546 g/mol. The van der Waals surface area contributed by atoms with Crippen LogP contribution in [0.25, 0.3) is 16.3 Å². The van der Waals surface area contributed by atoms with Gasteiger partial charge in [-0.1, -0.05) is 65.6 Å². The molecule has 2 nitrogen and oxygen atoms in total. The Morgan fingerprint density at radius 3 is 2.50 bits per heavy atom. The van der Waals surface area contributed by atoms with E-state index in [1.807, 2.05) is 23.1 Å². The number of hydrogen-bond donors (Lipinski definition) is 0. The van der Waals surface area contributed by atoms with Crippen LogP contribution in [0.1, 0.15) is 30.0 Å². The fraction of sp³-hybridized carbons (Fsp3) is 0.240. The van der Waals surface area contributed by atoms with Crippen molar-refractivity contribution < 1.29 is 28.5 Å². The second-order valence-electron chi connectivity index (χ2n) is 7.13. The Kier molecular flexibility index (Phi) is 7.82. The van der Waals surface area contributed by atoms with Gasteiger partial charge in [0, 0.05) is 23.6 Å². The van der Waals surface area contributed by atoms with Crippen molar-refractivity contribution in [2.24, 2.45) is 0 Å². The van der Waals surface area contributed by atoms with Crippen molar-refractivity contribution in [3.8, 4) is 0 Å². The van der Waals surface area contributed by atoms with E-state index in [9.17, 15) is 0 Å². The molecule has 30 heavy (non-hydrogen) atoms. The normalized spacial score (nSPS) is 14.9. The number of thiazole rings is 1. The summed E-state index contributed by atoms with van der Waals surface area (Å²) in [7, 11) is 0. The standard InChI is InChI=1S/C25H27N2S2.HI/c1-5-26-20-14-10-12-18(3)24(20)28-22(26)16-8-7-9-17-23-27(6-2)21-15-11-13-19(4)25(21)29-23;/h7-17H,5-6H2,1-4H3;1H/q+1;/p-1. The van der Waals surface area contributed by atoms with Crippen molar-refractivity contribution in [2.45, 2.75) is 39.1 Å². The maximum atomic E-state index is 2.39. The lowest BCUT2D eigenvalue weighted by atomic mass is 10.2. The number of aromatic nitrogens is 1. The Morgan fingerprint density at radius 2 is 1.73 bits per heavy atom. The first-order chi connectivity index (χ1) is 14.1. The van der Waals surface area contributed by atoms with E-state index in [0.29, 0.717) is 0 Å². The van der Waals surface area contributed by atoms with Gasteiger partial charge in [0.05, 0.1) is 10.7 Å². The first-order valence-corrected chi connectivity index (χ1v) is 11.8. The van der Waals surface area contributed by atoms with Gasteiger partial charge in [0.15, 0.2) is 0 Å². The number of halogens is 1. The van der Waals surface area contributed by atoms with Crippen LogP contribution in [0.2, 0.25) is 0 Å². The molecule has 4 rings (SSSR count). The third-order valence-electron chi connectivity index (χ3n) is 5.24. The number of rotatable bonds is 5. The number of allylic oxidation sites excluding steroid dienone is 4. The fourth-order valence-electron chi connectivity index (χ4n) is 3.76. The van der Waals surface area contributed by atoms with E-state index < -0.39 is 0 Å². The smallest absolute Gasteiger partial charge is 0.262 e. The van der Waals surface area contributed by atoms with Crippen LogP contribution in [0.4, 0.5) is 5.69 Å². The predicted molar refractivity (Wildman–Crippen MR) is 129 cm³/mol. The second-order valence-corrected chi connectivity index (χ2v) is 9.19. The Morgan fingerprint density at radius 1 is 0.967 bits per heavy atom. The summed E-state index contributed by atoms with van der Waals surface area (Å²) >= 11 is 3.74. The molecule has 0 N–H and O–H groups in total. The lowest BCUT2D eigenvalue weighted by molar-refractivity contribution is -0.665. The summed E-state index contributed by atoms with van der Waals surface area (Å²) in [6, 6.07) is 13.1. The lowest BCUT2D eigenvalue weighted by Gasteiger charge is -2.17. The molecule has 0 atom stereocenters. The van der Waals surface area contributed by atoms with Crippen molar-refractivity contribution in [3.05, 3.63) is 81.9 Å². The number of thioether (sulfide) groups is 1. The van der Waals surface area contributed by atoms with Gasteiger partial charge in [-0.25, -0.2) is 0 Å². The van der Waals surface area contributed by atoms with E-state index in [0.717, 1.165) is 13.1 Å². The van der Waals surface area contributed by atoms with Crippen molar-refractivity contribution in [2.75, 3.05) is 11.4 Å². The fourth-order valence-corrected chi connectivity index (χ4v) is 6.17. The highest BCUT2D eigenvalue weighted by Crippen LogP contribution is 2.47. The third kappa shape index (κ3) is 4.39. The number of fused-ring (bicyclic) bond motifs is 2. The maximum Gasteiger partial charge on any atom is 0.262 e. The summed E-state index contributed by atoms with van der Waals surface area (Å²) in [4.78, 5) is 3.77. The van der Waals surface area contributed by atoms with Crippen LogP contribution in [-0.4, -0.2) is 6.54 Å². The molecule has 2 heterocycles. The van der Waals surface area contributed by atoms with Crippen LogP contribution in [0.15, 0.2) is 70.6 Å². The van der Waals surface area contributed by atoms with E-state index in [-0.39, 0.29) is 24.0 Å². The van der Waals surface area contributed by atoms with Crippen molar-refractivity contribution in [3.63, 3.8) is 0 Å². The minimum absolute atomic E-state index is 0. The molecule has 0 spiro atoms. The minimum Gasteiger partial charge on any atom is -1.00 e. The zero-order chi connectivity index (χ0) is 20.4. The Balaban J connectivity index is 0.00000256. The molecule has 156 valence electrons. The average Bonchev–Trinajstić information content (AvgIpc) is 3.27. The number of aryl methyl sites for hydroxylation is 3. The summed E-state index contributed by atoms with van der Waals surface area (Å²) in [6.45, 7) is 10.8. The van der Waals surface area contributed by atoms with Gasteiger partial charge >= 0.3 is 0 Å². The topological polar surface area (TPSA) is 7.12 Å². The molecule has 0 unspecified atom stereocenters. The Hall–Kier alpha value is -1.57. The molecule has 0 amide bonds. The first-order valence-electron chi connectivity index (χ1n) is 10.2. The van der Waals surface area contributed by atoms with Crippen LogP contribution >= 0.6 is 23.1 Å². The summed E-state index contributed by atoms with van der Waals surface area (Å²) in [5, 5.41) is 2.59. The molecule has 0 fully saturated rings. The Labute approximate surface area is 205 Å². The van der Waals surface area contributed by atoms with E-state index >= 15 is 0 Å². The maximum absolute atomic E-state index is 2.39. The number of nitrogens with zero attached hydrogens (tertiary/aromatic N) is 2. The zero-order valence-corrected chi connectivity index (χ0v) is 21.6. The summed E-state index contributed by atoms with van der Waals surface area (Å²) in [5.74, 6) is 0. The zero-order valence-electron chi connectivity index (χ0n) is 17.9. The van der Waals surface area contributed by atoms with E-state index in [4.69, 9.17) is 0 Å². The molecule has 0 radical (unpaired) electrons. The first kappa shape index (κ1) is 23.1. The molecule has 0 saturated heterocycles. The molecule has 3 aromatic rings. The number of hydrogen-bond acceptors (Lipinski definition) is 3. The molecule has 2 aromatic carbocycles. The lowest BCUT2D eigenvalue weighted by Crippen LogP contribution is -3.00. The van der Waals surface area contributed by atoms with Crippen LogP contribution in [0.5, 0.6) is 0 Å². The average molecular weight is 547 g/mol. The molecular formula is C25H27IN2S2.